The van der Waals surface area contributed by atoms with Gasteiger partial charge < -0.3 is 14.8 Å². The summed E-state index contributed by atoms with van der Waals surface area (Å²) in [7, 11) is 1.57. The van der Waals surface area contributed by atoms with Gasteiger partial charge in [0, 0.05) is 23.6 Å². The summed E-state index contributed by atoms with van der Waals surface area (Å²) in [6.07, 6.45) is 0.333. The van der Waals surface area contributed by atoms with Gasteiger partial charge in [0.05, 0.1) is 7.11 Å². The van der Waals surface area contributed by atoms with Gasteiger partial charge in [-0.1, -0.05) is 18.2 Å². The monoisotopic (exact) mass is 381 g/mol. The Kier molecular flexibility index (Phi) is 4.73. The third kappa shape index (κ3) is 3.43. The zero-order valence-electron chi connectivity index (χ0n) is 15.6. The van der Waals surface area contributed by atoms with E-state index in [1.165, 1.54) is 12.1 Å². The number of hydrogen-bond acceptors (Lipinski definition) is 4. The van der Waals surface area contributed by atoms with Crippen LogP contribution < -0.4 is 14.8 Å². The Hall–Kier alpha value is -3.35. The highest BCUT2D eigenvalue weighted by atomic mass is 19.1. The van der Waals surface area contributed by atoms with Gasteiger partial charge in [0.2, 0.25) is 5.91 Å². The molecule has 0 bridgehead atoms. The van der Waals surface area contributed by atoms with E-state index in [0.29, 0.717) is 23.7 Å². The molecule has 7 heteroatoms. The standard InChI is InChI=1S/C21H20FN3O3/c1-12-20-16(10-19(26)23-21(20)25-24-12)14-6-7-17(18(9-14)27-2)28-11-13-4-3-5-15(22)8-13/h3-9,16H,10-11H2,1-2H3,(H2,23,24,25,26)/t16-/m0/s1. The Labute approximate surface area is 161 Å². The van der Waals surface area contributed by atoms with E-state index in [-0.39, 0.29) is 24.2 Å². The molecule has 6 nitrogen and oxygen atoms in total. The fourth-order valence-corrected chi connectivity index (χ4v) is 3.52. The first kappa shape index (κ1) is 18.0. The molecule has 0 radical (unpaired) electrons. The number of benzene rings is 2. The molecule has 0 saturated carbocycles. The van der Waals surface area contributed by atoms with Crippen LogP contribution in [0.15, 0.2) is 42.5 Å². The second kappa shape index (κ2) is 7.34. The van der Waals surface area contributed by atoms with Crippen molar-refractivity contribution in [3.05, 3.63) is 70.7 Å². The van der Waals surface area contributed by atoms with Crippen molar-refractivity contribution in [3.63, 3.8) is 0 Å². The first-order valence-corrected chi connectivity index (χ1v) is 8.95. The Balaban J connectivity index is 1.60. The minimum absolute atomic E-state index is 0.0746. The van der Waals surface area contributed by atoms with E-state index >= 15 is 0 Å². The smallest absolute Gasteiger partial charge is 0.226 e. The van der Waals surface area contributed by atoms with Gasteiger partial charge in [-0.2, -0.15) is 5.10 Å². The topological polar surface area (TPSA) is 76.2 Å². The van der Waals surface area contributed by atoms with Crippen molar-refractivity contribution < 1.29 is 18.7 Å². The molecule has 1 aliphatic rings. The minimum Gasteiger partial charge on any atom is -0.493 e. The third-order valence-electron chi connectivity index (χ3n) is 4.86. The first-order valence-electron chi connectivity index (χ1n) is 8.95. The van der Waals surface area contributed by atoms with Crippen LogP contribution in [-0.4, -0.2) is 23.2 Å². The number of carbonyl (C=O) groups excluding carboxylic acids is 1. The predicted octanol–water partition coefficient (Wildman–Crippen LogP) is 3.92. The Morgan fingerprint density at radius 3 is 2.86 bits per heavy atom. The molecular formula is C21H20FN3O3. The number of aromatic amines is 1. The number of rotatable bonds is 5. The fourth-order valence-electron chi connectivity index (χ4n) is 3.52. The van der Waals surface area contributed by atoms with Crippen LogP contribution in [0.5, 0.6) is 11.5 Å². The van der Waals surface area contributed by atoms with Gasteiger partial charge in [-0.25, -0.2) is 4.39 Å². The van der Waals surface area contributed by atoms with E-state index < -0.39 is 0 Å². The van der Waals surface area contributed by atoms with Crippen LogP contribution in [0.4, 0.5) is 10.2 Å². The van der Waals surface area contributed by atoms with Crippen molar-refractivity contribution in [1.82, 2.24) is 10.2 Å². The van der Waals surface area contributed by atoms with E-state index in [1.54, 1.807) is 19.2 Å². The Bertz CT molecular complexity index is 1030. The number of carbonyl (C=O) groups is 1. The lowest BCUT2D eigenvalue weighted by atomic mass is 9.85. The van der Waals surface area contributed by atoms with Gasteiger partial charge in [-0.05, 0) is 42.3 Å². The summed E-state index contributed by atoms with van der Waals surface area (Å²) >= 11 is 0. The molecule has 1 aliphatic heterocycles. The van der Waals surface area contributed by atoms with Crippen LogP contribution >= 0.6 is 0 Å². The van der Waals surface area contributed by atoms with Crippen molar-refractivity contribution in [1.29, 1.82) is 0 Å². The molecule has 0 fully saturated rings. The fraction of sp³-hybridized carbons (Fsp3) is 0.238. The largest absolute Gasteiger partial charge is 0.493 e. The van der Waals surface area contributed by atoms with Crippen LogP contribution in [0.25, 0.3) is 0 Å². The van der Waals surface area contributed by atoms with Gasteiger partial charge in [0.1, 0.15) is 12.4 Å². The molecule has 144 valence electrons. The lowest BCUT2D eigenvalue weighted by molar-refractivity contribution is -0.116. The van der Waals surface area contributed by atoms with Gasteiger partial charge >= 0.3 is 0 Å². The molecule has 2 aromatic carbocycles. The van der Waals surface area contributed by atoms with Crippen molar-refractivity contribution in [3.8, 4) is 11.5 Å². The Morgan fingerprint density at radius 2 is 2.07 bits per heavy atom. The number of fused-ring (bicyclic) bond motifs is 1. The molecular weight excluding hydrogens is 361 g/mol. The number of nitrogens with zero attached hydrogens (tertiary/aromatic N) is 1. The van der Waals surface area contributed by atoms with Crippen molar-refractivity contribution >= 4 is 11.7 Å². The van der Waals surface area contributed by atoms with E-state index in [4.69, 9.17) is 9.47 Å². The molecule has 0 saturated heterocycles. The lowest BCUT2D eigenvalue weighted by Crippen LogP contribution is -2.23. The van der Waals surface area contributed by atoms with E-state index in [1.807, 2.05) is 25.1 Å². The maximum atomic E-state index is 13.3. The second-order valence-corrected chi connectivity index (χ2v) is 6.74. The number of aryl methyl sites for hydroxylation is 1. The number of ether oxygens (including phenoxy) is 2. The number of nitrogens with one attached hydrogen (secondary N) is 2. The number of anilines is 1. The summed E-state index contributed by atoms with van der Waals surface area (Å²) in [5, 5.41) is 9.90. The highest BCUT2D eigenvalue weighted by Crippen LogP contribution is 2.40. The number of aromatic nitrogens is 2. The summed E-state index contributed by atoms with van der Waals surface area (Å²) in [6, 6.07) is 11.9. The second-order valence-electron chi connectivity index (χ2n) is 6.74. The zero-order chi connectivity index (χ0) is 19.7. The normalized spacial score (nSPS) is 15.7. The number of H-pyrrole nitrogens is 1. The number of halogens is 1. The lowest BCUT2D eigenvalue weighted by Gasteiger charge is -2.23. The van der Waals surface area contributed by atoms with Crippen molar-refractivity contribution in [2.24, 2.45) is 0 Å². The van der Waals surface area contributed by atoms with Crippen molar-refractivity contribution in [2.75, 3.05) is 12.4 Å². The first-order chi connectivity index (χ1) is 13.5. The molecule has 28 heavy (non-hydrogen) atoms. The molecule has 1 aromatic heterocycles. The van der Waals surface area contributed by atoms with Gasteiger partial charge in [-0.15, -0.1) is 0 Å². The van der Waals surface area contributed by atoms with E-state index in [9.17, 15) is 9.18 Å². The summed E-state index contributed by atoms with van der Waals surface area (Å²) in [4.78, 5) is 12.1. The van der Waals surface area contributed by atoms with Crippen molar-refractivity contribution in [2.45, 2.75) is 25.9 Å². The molecule has 1 atom stereocenters. The summed E-state index contributed by atoms with van der Waals surface area (Å²) in [6.45, 7) is 2.16. The number of methoxy groups -OCH3 is 1. The van der Waals surface area contributed by atoms with E-state index in [2.05, 4.69) is 15.5 Å². The van der Waals surface area contributed by atoms with Crippen LogP contribution in [0, 0.1) is 12.7 Å². The van der Waals surface area contributed by atoms with Crippen LogP contribution in [0.2, 0.25) is 0 Å². The number of hydrogen-bond donors (Lipinski definition) is 2. The van der Waals surface area contributed by atoms with Crippen LogP contribution in [0.3, 0.4) is 0 Å². The molecule has 0 aliphatic carbocycles. The van der Waals surface area contributed by atoms with Gasteiger partial charge in [0.25, 0.3) is 0 Å². The van der Waals surface area contributed by atoms with Gasteiger partial charge in [0.15, 0.2) is 17.3 Å². The highest BCUT2D eigenvalue weighted by molar-refractivity contribution is 5.94. The highest BCUT2D eigenvalue weighted by Gasteiger charge is 2.31. The number of amides is 1. The quantitative estimate of drug-likeness (QED) is 0.702. The van der Waals surface area contributed by atoms with Crippen LogP contribution in [0.1, 0.15) is 34.7 Å². The predicted molar refractivity (Wildman–Crippen MR) is 102 cm³/mol. The zero-order valence-corrected chi connectivity index (χ0v) is 15.6. The molecule has 3 aromatic rings. The SMILES string of the molecule is COc1cc([C@@H]2CC(=O)Nc3n[nH]c(C)c32)ccc1OCc1cccc(F)c1. The maximum Gasteiger partial charge on any atom is 0.226 e. The van der Waals surface area contributed by atoms with Gasteiger partial charge in [-0.3, -0.25) is 9.89 Å². The molecule has 4 rings (SSSR count). The van der Waals surface area contributed by atoms with Crippen LogP contribution in [-0.2, 0) is 11.4 Å². The minimum atomic E-state index is -0.301. The summed E-state index contributed by atoms with van der Waals surface area (Å²) in [5.74, 6) is 1.19. The molecule has 2 N–H and O–H groups in total. The molecule has 0 spiro atoms. The third-order valence-corrected chi connectivity index (χ3v) is 4.86. The summed E-state index contributed by atoms with van der Waals surface area (Å²) in [5.41, 5.74) is 3.57. The Morgan fingerprint density at radius 1 is 1.21 bits per heavy atom. The molecule has 1 amide bonds. The average molecular weight is 381 g/mol. The summed E-state index contributed by atoms with van der Waals surface area (Å²) < 4.78 is 24.6. The van der Waals surface area contributed by atoms with E-state index in [0.717, 1.165) is 22.4 Å². The molecule has 2 heterocycles. The average Bonchev–Trinajstić information content (AvgIpc) is 3.06. The molecule has 0 unspecified atom stereocenters. The maximum absolute atomic E-state index is 13.3.